The fourth-order valence-corrected chi connectivity index (χ4v) is 1.83. The second-order valence-electron chi connectivity index (χ2n) is 4.20. The molecule has 0 unspecified atom stereocenters. The Morgan fingerprint density at radius 1 is 1.08 bits per heavy atom. The number of hydrogen-bond acceptors (Lipinski definition) is 3. The first-order valence-electron chi connectivity index (χ1n) is 4.66. The maximum absolute atomic E-state index is 5.64. The van der Waals surface area contributed by atoms with Gasteiger partial charge in [0.15, 0.2) is 5.79 Å². The minimum absolute atomic E-state index is 0.371. The molecule has 2 fully saturated rings. The Kier molecular flexibility index (Phi) is 2.10. The van der Waals surface area contributed by atoms with E-state index < -0.39 is 0 Å². The van der Waals surface area contributed by atoms with Gasteiger partial charge in [0, 0.05) is 24.9 Å². The molecule has 2 saturated heterocycles. The lowest BCUT2D eigenvalue weighted by molar-refractivity contribution is -0.203. The van der Waals surface area contributed by atoms with Crippen molar-refractivity contribution in [3.8, 4) is 0 Å². The van der Waals surface area contributed by atoms with Crippen LogP contribution in [-0.2, 0) is 9.47 Å². The molecule has 70 valence electrons. The summed E-state index contributed by atoms with van der Waals surface area (Å²) in [6.45, 7) is 7.83. The van der Waals surface area contributed by atoms with Crippen molar-refractivity contribution >= 4 is 0 Å². The third kappa shape index (κ3) is 1.63. The zero-order chi connectivity index (χ0) is 8.60. The van der Waals surface area contributed by atoms with Gasteiger partial charge in [-0.15, -0.1) is 0 Å². The Hall–Kier alpha value is -0.120. The number of nitrogens with one attached hydrogen (secondary N) is 1. The van der Waals surface area contributed by atoms with Crippen molar-refractivity contribution in [1.82, 2.24) is 5.32 Å². The number of hydrogen-bond donors (Lipinski definition) is 1. The van der Waals surface area contributed by atoms with Crippen molar-refractivity contribution in [2.24, 2.45) is 11.8 Å². The lowest BCUT2D eigenvalue weighted by atomic mass is 9.98. The van der Waals surface area contributed by atoms with Crippen LogP contribution in [0.3, 0.4) is 0 Å². The summed E-state index contributed by atoms with van der Waals surface area (Å²) < 4.78 is 11.3. The van der Waals surface area contributed by atoms with E-state index in [0.717, 1.165) is 26.3 Å². The highest BCUT2D eigenvalue weighted by molar-refractivity contribution is 4.83. The van der Waals surface area contributed by atoms with E-state index in [1.165, 1.54) is 0 Å². The van der Waals surface area contributed by atoms with Gasteiger partial charge in [0.25, 0.3) is 0 Å². The Bertz CT molecular complexity index is 154. The molecule has 2 heterocycles. The van der Waals surface area contributed by atoms with E-state index in [4.69, 9.17) is 9.47 Å². The van der Waals surface area contributed by atoms with Crippen molar-refractivity contribution in [2.45, 2.75) is 19.6 Å². The summed E-state index contributed by atoms with van der Waals surface area (Å²) in [5.74, 6) is 0.947. The summed E-state index contributed by atoms with van der Waals surface area (Å²) in [4.78, 5) is 0. The van der Waals surface area contributed by atoms with Gasteiger partial charge in [-0.05, 0) is 13.8 Å². The molecule has 0 aromatic rings. The van der Waals surface area contributed by atoms with Crippen molar-refractivity contribution in [3.63, 3.8) is 0 Å². The van der Waals surface area contributed by atoms with Gasteiger partial charge in [0.1, 0.15) is 0 Å². The monoisotopic (exact) mass is 171 g/mol. The minimum atomic E-state index is -0.371. The van der Waals surface area contributed by atoms with Crippen LogP contribution in [0.15, 0.2) is 0 Å². The largest absolute Gasteiger partial charge is 0.350 e. The molecule has 2 aliphatic heterocycles. The van der Waals surface area contributed by atoms with Crippen LogP contribution in [0.4, 0.5) is 0 Å². The Morgan fingerprint density at radius 3 is 2.08 bits per heavy atom. The van der Waals surface area contributed by atoms with Crippen LogP contribution in [0.2, 0.25) is 0 Å². The molecule has 0 aromatic carbocycles. The summed E-state index contributed by atoms with van der Waals surface area (Å²) in [6, 6.07) is 0. The second kappa shape index (κ2) is 2.98. The highest BCUT2D eigenvalue weighted by Gasteiger charge is 2.34. The number of rotatable bonds is 0. The Labute approximate surface area is 73.4 Å². The third-order valence-electron chi connectivity index (χ3n) is 2.77. The van der Waals surface area contributed by atoms with E-state index >= 15 is 0 Å². The van der Waals surface area contributed by atoms with Crippen LogP contribution in [0.1, 0.15) is 13.8 Å². The smallest absolute Gasteiger partial charge is 0.162 e. The summed E-state index contributed by atoms with van der Waals surface area (Å²) in [5, 5.41) is 3.36. The lowest BCUT2D eigenvalue weighted by Gasteiger charge is -2.23. The van der Waals surface area contributed by atoms with Crippen LogP contribution in [0.5, 0.6) is 0 Å². The zero-order valence-corrected chi connectivity index (χ0v) is 7.80. The molecule has 0 aliphatic carbocycles. The van der Waals surface area contributed by atoms with E-state index in [1.54, 1.807) is 0 Å². The van der Waals surface area contributed by atoms with Gasteiger partial charge < -0.3 is 14.8 Å². The van der Waals surface area contributed by atoms with Crippen molar-refractivity contribution < 1.29 is 9.47 Å². The van der Waals surface area contributed by atoms with Gasteiger partial charge in [-0.1, -0.05) is 0 Å². The average Bonchev–Trinajstić information content (AvgIpc) is 2.40. The van der Waals surface area contributed by atoms with Crippen LogP contribution in [0, 0.1) is 11.8 Å². The van der Waals surface area contributed by atoms with E-state index in [1.807, 2.05) is 13.8 Å². The maximum Gasteiger partial charge on any atom is 0.162 e. The first-order chi connectivity index (χ1) is 5.67. The molecule has 12 heavy (non-hydrogen) atoms. The zero-order valence-electron chi connectivity index (χ0n) is 7.80. The molecule has 3 nitrogen and oxygen atoms in total. The van der Waals surface area contributed by atoms with Gasteiger partial charge in [-0.25, -0.2) is 0 Å². The highest BCUT2D eigenvalue weighted by Crippen LogP contribution is 2.26. The predicted octanol–water partition coefficient (Wildman–Crippen LogP) is 0.605. The minimum Gasteiger partial charge on any atom is -0.350 e. The molecule has 3 heteroatoms. The van der Waals surface area contributed by atoms with Crippen molar-refractivity contribution in [3.05, 3.63) is 0 Å². The lowest BCUT2D eigenvalue weighted by Crippen LogP contribution is -2.28. The molecule has 0 amide bonds. The topological polar surface area (TPSA) is 30.5 Å². The molecule has 0 aromatic heterocycles. The number of ether oxygens (including phenoxy) is 2. The molecule has 0 radical (unpaired) electrons. The van der Waals surface area contributed by atoms with Gasteiger partial charge in [-0.3, -0.25) is 0 Å². The van der Waals surface area contributed by atoms with Crippen LogP contribution < -0.4 is 5.32 Å². The fraction of sp³-hybridized carbons (Fsp3) is 1.00. The third-order valence-corrected chi connectivity index (χ3v) is 2.77. The normalized spacial score (nSPS) is 40.5. The predicted molar refractivity (Wildman–Crippen MR) is 45.8 cm³/mol. The van der Waals surface area contributed by atoms with E-state index in [0.29, 0.717) is 11.8 Å². The summed E-state index contributed by atoms with van der Waals surface area (Å²) in [6.07, 6.45) is 0. The quantitative estimate of drug-likeness (QED) is 0.579. The Morgan fingerprint density at radius 2 is 1.58 bits per heavy atom. The summed E-state index contributed by atoms with van der Waals surface area (Å²) in [7, 11) is 0. The Balaban J connectivity index is 1.99. The second-order valence-corrected chi connectivity index (χ2v) is 4.20. The molecule has 2 atom stereocenters. The van der Waals surface area contributed by atoms with Crippen LogP contribution >= 0.6 is 0 Å². The van der Waals surface area contributed by atoms with Gasteiger partial charge >= 0.3 is 0 Å². The maximum atomic E-state index is 5.64. The van der Waals surface area contributed by atoms with E-state index in [9.17, 15) is 0 Å². The first-order valence-corrected chi connectivity index (χ1v) is 4.66. The van der Waals surface area contributed by atoms with Crippen molar-refractivity contribution in [1.29, 1.82) is 0 Å². The van der Waals surface area contributed by atoms with Crippen molar-refractivity contribution in [2.75, 3.05) is 26.3 Å². The molecular weight excluding hydrogens is 154 g/mol. The van der Waals surface area contributed by atoms with E-state index in [-0.39, 0.29) is 5.79 Å². The average molecular weight is 171 g/mol. The number of fused-ring (bicyclic) bond motifs is 1. The fourth-order valence-electron chi connectivity index (χ4n) is 1.83. The summed E-state index contributed by atoms with van der Waals surface area (Å²) in [5.41, 5.74) is 0. The highest BCUT2D eigenvalue weighted by atomic mass is 16.7. The van der Waals surface area contributed by atoms with Crippen LogP contribution in [-0.4, -0.2) is 32.1 Å². The molecule has 2 rings (SSSR count). The summed E-state index contributed by atoms with van der Waals surface area (Å²) >= 11 is 0. The standard InChI is InChI=1S/C9H17NO2/c1-9(2)11-5-7-3-10-4-8(7)6-12-9/h7-8,10H,3-6H2,1-2H3/t7-,8+. The molecular formula is C9H17NO2. The van der Waals surface area contributed by atoms with Gasteiger partial charge in [0.05, 0.1) is 13.2 Å². The molecule has 0 bridgehead atoms. The first kappa shape index (κ1) is 8.48. The van der Waals surface area contributed by atoms with Crippen LogP contribution in [0.25, 0.3) is 0 Å². The SMILES string of the molecule is CC1(C)OC[C@H]2CNC[C@H]2CO1. The van der Waals surface area contributed by atoms with Gasteiger partial charge in [-0.2, -0.15) is 0 Å². The molecule has 0 spiro atoms. The molecule has 2 aliphatic rings. The van der Waals surface area contributed by atoms with Gasteiger partial charge in [0.2, 0.25) is 0 Å². The van der Waals surface area contributed by atoms with E-state index in [2.05, 4.69) is 5.32 Å². The molecule has 1 N–H and O–H groups in total. The molecule has 0 saturated carbocycles.